The fourth-order valence-corrected chi connectivity index (χ4v) is 2.55. The van der Waals surface area contributed by atoms with Gasteiger partial charge in [0.2, 0.25) is 0 Å². The minimum Gasteiger partial charge on any atom is -0.494 e. The average molecular weight is 320 g/mol. The molecular weight excluding hydrogens is 304 g/mol. The van der Waals surface area contributed by atoms with Crippen LogP contribution in [0.1, 0.15) is 32.8 Å². The highest BCUT2D eigenvalue weighted by molar-refractivity contribution is 7.09. The summed E-state index contributed by atoms with van der Waals surface area (Å²) in [4.78, 5) is 26.6. The van der Waals surface area contributed by atoms with E-state index in [2.05, 4.69) is 10.3 Å². The molecule has 2 N–H and O–H groups in total. The molecule has 1 aromatic heterocycles. The number of aromatic nitrogens is 1. The maximum absolute atomic E-state index is 12.0. The highest BCUT2D eigenvalue weighted by Gasteiger charge is 2.09. The first-order valence-corrected chi connectivity index (χ1v) is 7.67. The van der Waals surface area contributed by atoms with E-state index < -0.39 is 5.97 Å². The third-order valence-electron chi connectivity index (χ3n) is 2.82. The summed E-state index contributed by atoms with van der Waals surface area (Å²) in [5.41, 5.74) is 0.589. The largest absolute Gasteiger partial charge is 0.494 e. The number of carbonyl (C=O) groups is 2. The molecule has 0 aliphatic rings. The number of carboxylic acids is 1. The van der Waals surface area contributed by atoms with Crippen molar-refractivity contribution >= 4 is 23.2 Å². The predicted octanol–water partition coefficient (Wildman–Crippen LogP) is 2.21. The lowest BCUT2D eigenvalue weighted by atomic mass is 10.2. The normalized spacial score (nSPS) is 10.2. The Bertz CT molecular complexity index is 652. The molecule has 0 radical (unpaired) electrons. The number of thiazole rings is 1. The van der Waals surface area contributed by atoms with Crippen LogP contribution in [0.2, 0.25) is 0 Å². The number of hydrogen-bond donors (Lipinski definition) is 2. The molecule has 0 spiro atoms. The van der Waals surface area contributed by atoms with Crippen molar-refractivity contribution in [3.63, 3.8) is 0 Å². The van der Waals surface area contributed by atoms with E-state index in [1.54, 1.807) is 24.3 Å². The Hall–Kier alpha value is -2.41. The van der Waals surface area contributed by atoms with Gasteiger partial charge >= 0.3 is 5.97 Å². The first-order chi connectivity index (χ1) is 10.6. The van der Waals surface area contributed by atoms with Gasteiger partial charge in [0.05, 0.1) is 11.6 Å². The second-order valence-corrected chi connectivity index (χ2v) is 5.34. The number of hydrogen-bond acceptors (Lipinski definition) is 5. The lowest BCUT2D eigenvalue weighted by Gasteiger charge is -2.06. The Balaban J connectivity index is 1.82. The van der Waals surface area contributed by atoms with Crippen LogP contribution in [0.25, 0.3) is 0 Å². The standard InChI is InChI=1S/C15H16N2O4S/c1-2-21-11-5-3-10(4-6-11)14(18)16-8-7-13-17-12(9-22-13)15(19)20/h3-6,9H,2,7-8H2,1H3,(H,16,18)(H,19,20). The van der Waals surface area contributed by atoms with E-state index in [-0.39, 0.29) is 11.6 Å². The Morgan fingerprint density at radius 3 is 2.64 bits per heavy atom. The number of amides is 1. The van der Waals surface area contributed by atoms with Crippen molar-refractivity contribution in [1.82, 2.24) is 10.3 Å². The zero-order valence-electron chi connectivity index (χ0n) is 12.0. The molecule has 0 fully saturated rings. The molecule has 0 saturated carbocycles. The van der Waals surface area contributed by atoms with Crippen molar-refractivity contribution in [3.05, 3.63) is 45.9 Å². The molecule has 6 nitrogen and oxygen atoms in total. The van der Waals surface area contributed by atoms with E-state index in [1.165, 1.54) is 16.7 Å². The molecule has 2 rings (SSSR count). The minimum atomic E-state index is -1.04. The molecular formula is C15H16N2O4S. The third-order valence-corrected chi connectivity index (χ3v) is 3.73. The number of carboxylic acid groups (broad SMARTS) is 1. The molecule has 1 aromatic carbocycles. The van der Waals surface area contributed by atoms with Crippen LogP contribution >= 0.6 is 11.3 Å². The fraction of sp³-hybridized carbons (Fsp3) is 0.267. The molecule has 7 heteroatoms. The van der Waals surface area contributed by atoms with Crippen LogP contribution in [-0.4, -0.2) is 35.1 Å². The van der Waals surface area contributed by atoms with Gasteiger partial charge in [-0.05, 0) is 31.2 Å². The number of nitrogens with one attached hydrogen (secondary N) is 1. The lowest BCUT2D eigenvalue weighted by molar-refractivity contribution is 0.0690. The highest BCUT2D eigenvalue weighted by atomic mass is 32.1. The van der Waals surface area contributed by atoms with Gasteiger partial charge in [0.15, 0.2) is 5.69 Å². The average Bonchev–Trinajstić information content (AvgIpc) is 2.97. The van der Waals surface area contributed by atoms with Gasteiger partial charge in [-0.2, -0.15) is 0 Å². The van der Waals surface area contributed by atoms with Gasteiger partial charge in [0, 0.05) is 23.9 Å². The Morgan fingerprint density at radius 1 is 1.32 bits per heavy atom. The van der Waals surface area contributed by atoms with Gasteiger partial charge in [-0.1, -0.05) is 0 Å². The van der Waals surface area contributed by atoms with Crippen LogP contribution < -0.4 is 10.1 Å². The van der Waals surface area contributed by atoms with E-state index in [0.29, 0.717) is 30.1 Å². The second kappa shape index (κ2) is 7.56. The molecule has 2 aromatic rings. The van der Waals surface area contributed by atoms with Crippen LogP contribution in [0.15, 0.2) is 29.6 Å². The summed E-state index contributed by atoms with van der Waals surface area (Å²) in [6.45, 7) is 2.88. The van der Waals surface area contributed by atoms with Crippen molar-refractivity contribution in [2.75, 3.05) is 13.2 Å². The van der Waals surface area contributed by atoms with E-state index >= 15 is 0 Å². The van der Waals surface area contributed by atoms with Gasteiger partial charge in [-0.15, -0.1) is 11.3 Å². The summed E-state index contributed by atoms with van der Waals surface area (Å²) in [5, 5.41) is 13.7. The molecule has 22 heavy (non-hydrogen) atoms. The van der Waals surface area contributed by atoms with Crippen LogP contribution in [-0.2, 0) is 6.42 Å². The molecule has 0 bridgehead atoms. The SMILES string of the molecule is CCOc1ccc(C(=O)NCCc2nc(C(=O)O)cs2)cc1. The highest BCUT2D eigenvalue weighted by Crippen LogP contribution is 2.12. The smallest absolute Gasteiger partial charge is 0.355 e. The molecule has 1 amide bonds. The first kappa shape index (κ1) is 16.0. The maximum Gasteiger partial charge on any atom is 0.355 e. The van der Waals surface area contributed by atoms with Crippen molar-refractivity contribution in [3.8, 4) is 5.75 Å². The number of rotatable bonds is 7. The van der Waals surface area contributed by atoms with Crippen molar-refractivity contribution in [2.24, 2.45) is 0 Å². The summed E-state index contributed by atoms with van der Waals surface area (Å²) in [6.07, 6.45) is 0.501. The van der Waals surface area contributed by atoms with Gasteiger partial charge in [-0.25, -0.2) is 9.78 Å². The van der Waals surface area contributed by atoms with Gasteiger partial charge in [0.25, 0.3) is 5.91 Å². The minimum absolute atomic E-state index is 0.0397. The van der Waals surface area contributed by atoms with E-state index in [0.717, 1.165) is 5.75 Å². The molecule has 1 heterocycles. The van der Waals surface area contributed by atoms with Crippen molar-refractivity contribution in [2.45, 2.75) is 13.3 Å². The Morgan fingerprint density at radius 2 is 2.05 bits per heavy atom. The lowest BCUT2D eigenvalue weighted by Crippen LogP contribution is -2.25. The topological polar surface area (TPSA) is 88.5 Å². The number of nitrogens with zero attached hydrogens (tertiary/aromatic N) is 1. The number of benzene rings is 1. The maximum atomic E-state index is 12.0. The van der Waals surface area contributed by atoms with E-state index in [4.69, 9.17) is 9.84 Å². The number of ether oxygens (including phenoxy) is 1. The number of aromatic carboxylic acids is 1. The zero-order chi connectivity index (χ0) is 15.9. The first-order valence-electron chi connectivity index (χ1n) is 6.79. The predicted molar refractivity (Wildman–Crippen MR) is 82.7 cm³/mol. The van der Waals surface area contributed by atoms with Crippen molar-refractivity contribution < 1.29 is 19.4 Å². The molecule has 0 atom stereocenters. The van der Waals surface area contributed by atoms with Crippen LogP contribution in [0, 0.1) is 0 Å². The summed E-state index contributed by atoms with van der Waals surface area (Å²) in [5.74, 6) is -0.498. The molecule has 0 aliphatic heterocycles. The summed E-state index contributed by atoms with van der Waals surface area (Å²) >= 11 is 1.27. The van der Waals surface area contributed by atoms with Gasteiger partial charge in [0.1, 0.15) is 5.75 Å². The summed E-state index contributed by atoms with van der Waals surface area (Å²) in [7, 11) is 0. The summed E-state index contributed by atoms with van der Waals surface area (Å²) < 4.78 is 5.31. The van der Waals surface area contributed by atoms with Gasteiger partial charge < -0.3 is 15.2 Å². The third kappa shape index (κ3) is 4.29. The fourth-order valence-electron chi connectivity index (χ4n) is 1.78. The van der Waals surface area contributed by atoms with Crippen molar-refractivity contribution in [1.29, 1.82) is 0 Å². The van der Waals surface area contributed by atoms with E-state index in [1.807, 2.05) is 6.92 Å². The Labute approximate surface area is 131 Å². The van der Waals surface area contributed by atoms with Crippen LogP contribution in [0.5, 0.6) is 5.75 Å². The zero-order valence-corrected chi connectivity index (χ0v) is 12.9. The molecule has 0 saturated heterocycles. The molecule has 116 valence electrons. The molecule has 0 unspecified atom stereocenters. The Kier molecular flexibility index (Phi) is 5.48. The van der Waals surface area contributed by atoms with Crippen LogP contribution in [0.4, 0.5) is 0 Å². The van der Waals surface area contributed by atoms with Crippen LogP contribution in [0.3, 0.4) is 0 Å². The molecule has 0 aliphatic carbocycles. The summed E-state index contributed by atoms with van der Waals surface area (Å²) in [6, 6.07) is 6.90. The number of carbonyl (C=O) groups excluding carboxylic acids is 1. The monoisotopic (exact) mass is 320 g/mol. The second-order valence-electron chi connectivity index (χ2n) is 4.39. The quantitative estimate of drug-likeness (QED) is 0.816. The van der Waals surface area contributed by atoms with Gasteiger partial charge in [-0.3, -0.25) is 4.79 Å². The van der Waals surface area contributed by atoms with E-state index in [9.17, 15) is 9.59 Å².